The molecule has 3 N–H and O–H groups in total. The maximum atomic E-state index is 15.2. The molecule has 0 radical (unpaired) electrons. The Balaban J connectivity index is 0.00000205. The van der Waals surface area contributed by atoms with Crippen LogP contribution in [0.15, 0.2) is 17.1 Å². The van der Waals surface area contributed by atoms with Gasteiger partial charge < -0.3 is 20.3 Å². The molecular formula is C19H19Cl2F2N3O3. The summed E-state index contributed by atoms with van der Waals surface area (Å²) in [5.74, 6) is -2.12. The minimum Gasteiger partial charge on any atom is -0.477 e. The minimum absolute atomic E-state index is 0. The lowest BCUT2D eigenvalue weighted by molar-refractivity contribution is 0.0694. The van der Waals surface area contributed by atoms with Gasteiger partial charge in [-0.1, -0.05) is 11.6 Å². The number of alkyl halides is 1. The molecule has 1 saturated heterocycles. The second-order valence-corrected chi connectivity index (χ2v) is 8.55. The average molecular weight is 446 g/mol. The fourth-order valence-corrected chi connectivity index (χ4v) is 4.68. The maximum absolute atomic E-state index is 15.2. The van der Waals surface area contributed by atoms with Crippen molar-refractivity contribution in [1.29, 1.82) is 0 Å². The number of fused-ring (bicyclic) bond motifs is 1. The van der Waals surface area contributed by atoms with Crippen LogP contribution in [0.3, 0.4) is 0 Å². The van der Waals surface area contributed by atoms with E-state index in [1.807, 2.05) is 0 Å². The normalized spacial score (nSPS) is 26.6. The molecule has 2 saturated carbocycles. The lowest BCUT2D eigenvalue weighted by Crippen LogP contribution is -2.30. The van der Waals surface area contributed by atoms with Gasteiger partial charge in [0.1, 0.15) is 16.8 Å². The van der Waals surface area contributed by atoms with E-state index in [1.165, 1.54) is 10.6 Å². The number of carboxylic acids is 1. The van der Waals surface area contributed by atoms with Gasteiger partial charge in [0.2, 0.25) is 5.43 Å². The van der Waals surface area contributed by atoms with E-state index < -0.39 is 35.0 Å². The monoisotopic (exact) mass is 445 g/mol. The van der Waals surface area contributed by atoms with E-state index in [2.05, 4.69) is 0 Å². The number of benzene rings is 1. The Morgan fingerprint density at radius 1 is 1.38 bits per heavy atom. The molecule has 6 nitrogen and oxygen atoms in total. The maximum Gasteiger partial charge on any atom is 0.341 e. The van der Waals surface area contributed by atoms with Crippen LogP contribution in [0.25, 0.3) is 10.9 Å². The molecule has 1 aliphatic heterocycles. The predicted octanol–water partition coefficient (Wildman–Crippen LogP) is 3.12. The molecule has 0 bridgehead atoms. The zero-order valence-corrected chi connectivity index (χ0v) is 16.8. The van der Waals surface area contributed by atoms with Gasteiger partial charge in [-0.3, -0.25) is 4.79 Å². The van der Waals surface area contributed by atoms with Crippen molar-refractivity contribution in [2.75, 3.05) is 18.0 Å². The van der Waals surface area contributed by atoms with E-state index in [0.717, 1.165) is 19.0 Å². The number of nitrogens with two attached hydrogens (primary N) is 1. The van der Waals surface area contributed by atoms with Gasteiger partial charge in [0.25, 0.3) is 0 Å². The molecule has 10 heteroatoms. The van der Waals surface area contributed by atoms with Crippen molar-refractivity contribution in [2.24, 2.45) is 11.1 Å². The molecule has 156 valence electrons. The van der Waals surface area contributed by atoms with Gasteiger partial charge in [0.05, 0.1) is 22.6 Å². The fourth-order valence-electron chi connectivity index (χ4n) is 4.39. The molecule has 3 aliphatic rings. The van der Waals surface area contributed by atoms with Crippen LogP contribution < -0.4 is 16.1 Å². The van der Waals surface area contributed by atoms with Gasteiger partial charge in [0.15, 0.2) is 5.82 Å². The number of halogens is 4. The lowest BCUT2D eigenvalue weighted by Gasteiger charge is -2.22. The highest BCUT2D eigenvalue weighted by Crippen LogP contribution is 2.53. The van der Waals surface area contributed by atoms with Gasteiger partial charge in [-0.25, -0.2) is 13.6 Å². The molecule has 3 atom stereocenters. The van der Waals surface area contributed by atoms with E-state index in [1.54, 1.807) is 4.90 Å². The lowest BCUT2D eigenvalue weighted by atomic mass is 10.0. The summed E-state index contributed by atoms with van der Waals surface area (Å²) in [6.45, 7) is 0.996. The number of nitrogens with zero attached hydrogens (tertiary/aromatic N) is 2. The first-order valence-electron chi connectivity index (χ1n) is 9.18. The standard InChI is InChI=1S/C19H18ClF2N3O3.ClH/c20-14-15(22)12(24-6-13(23)19(7-24)1-2-19)3-8-16(14)25(11-4-10(11)21)5-9(17(8)26)18(27)28;/h3,5,10-11,13H,1-2,4,6-7,23H2,(H,27,28);1H/t10-,11+,13+;/m0./s1. The Morgan fingerprint density at radius 2 is 2.03 bits per heavy atom. The van der Waals surface area contributed by atoms with Crippen LogP contribution in [-0.2, 0) is 0 Å². The van der Waals surface area contributed by atoms with Crippen molar-refractivity contribution < 1.29 is 18.7 Å². The molecule has 1 aromatic heterocycles. The van der Waals surface area contributed by atoms with E-state index in [-0.39, 0.29) is 51.9 Å². The van der Waals surface area contributed by atoms with Crippen molar-refractivity contribution >= 4 is 46.6 Å². The second-order valence-electron chi connectivity index (χ2n) is 8.17. The largest absolute Gasteiger partial charge is 0.477 e. The molecule has 2 aromatic rings. The van der Waals surface area contributed by atoms with Crippen LogP contribution in [-0.4, -0.2) is 40.9 Å². The van der Waals surface area contributed by atoms with Gasteiger partial charge in [-0.05, 0) is 18.9 Å². The molecule has 1 aromatic carbocycles. The summed E-state index contributed by atoms with van der Waals surface area (Å²) in [5.41, 5.74) is 5.10. The summed E-state index contributed by atoms with van der Waals surface area (Å²) in [5, 5.41) is 9.07. The zero-order valence-electron chi connectivity index (χ0n) is 15.2. The van der Waals surface area contributed by atoms with Crippen molar-refractivity contribution in [3.8, 4) is 0 Å². The molecule has 2 heterocycles. The van der Waals surface area contributed by atoms with Crippen LogP contribution in [0.4, 0.5) is 14.5 Å². The molecular weight excluding hydrogens is 427 g/mol. The van der Waals surface area contributed by atoms with E-state index in [9.17, 15) is 19.1 Å². The van der Waals surface area contributed by atoms with E-state index in [4.69, 9.17) is 17.3 Å². The minimum atomic E-state index is -1.42. The summed E-state index contributed by atoms with van der Waals surface area (Å²) in [6.07, 6.45) is 2.00. The summed E-state index contributed by atoms with van der Waals surface area (Å²) >= 11 is 6.30. The van der Waals surface area contributed by atoms with Gasteiger partial charge in [-0.15, -0.1) is 12.4 Å². The number of hydrogen-bond donors (Lipinski definition) is 2. The number of carboxylic acid groups (broad SMARTS) is 1. The number of aromatic nitrogens is 1. The fraction of sp³-hybridized carbons (Fsp3) is 0.474. The quantitative estimate of drug-likeness (QED) is 0.757. The molecule has 0 unspecified atom stereocenters. The number of carbonyl (C=O) groups is 1. The first-order chi connectivity index (χ1) is 13.2. The number of aromatic carboxylic acids is 1. The Bertz CT molecular complexity index is 1100. The summed E-state index contributed by atoms with van der Waals surface area (Å²) in [6, 6.07) is 0.590. The predicted molar refractivity (Wildman–Crippen MR) is 108 cm³/mol. The van der Waals surface area contributed by atoms with Crippen molar-refractivity contribution in [3.05, 3.63) is 38.9 Å². The Morgan fingerprint density at radius 3 is 2.55 bits per heavy atom. The van der Waals surface area contributed by atoms with Crippen LogP contribution in [0.2, 0.25) is 5.02 Å². The van der Waals surface area contributed by atoms with E-state index in [0.29, 0.717) is 13.1 Å². The third kappa shape index (κ3) is 2.92. The second kappa shape index (κ2) is 6.55. The molecule has 29 heavy (non-hydrogen) atoms. The Kier molecular flexibility index (Phi) is 4.60. The molecule has 0 amide bonds. The summed E-state index contributed by atoms with van der Waals surface area (Å²) in [7, 11) is 0. The smallest absolute Gasteiger partial charge is 0.341 e. The Labute approximate surface area is 175 Å². The highest BCUT2D eigenvalue weighted by atomic mass is 35.5. The first-order valence-corrected chi connectivity index (χ1v) is 9.56. The molecule has 3 fully saturated rings. The van der Waals surface area contributed by atoms with Crippen LogP contribution in [0.1, 0.15) is 35.7 Å². The highest BCUT2D eigenvalue weighted by Gasteiger charge is 2.54. The SMILES string of the molecule is Cl.N[C@@H]1CN(c2cc3c(=O)c(C(=O)O)cn([C@@H]4C[C@@H]4F)c3c(Cl)c2F)CC12CC2. The molecule has 1 spiro atoms. The highest BCUT2D eigenvalue weighted by molar-refractivity contribution is 6.35. The third-order valence-corrected chi connectivity index (χ3v) is 6.73. The number of hydrogen-bond acceptors (Lipinski definition) is 4. The van der Waals surface area contributed by atoms with Crippen molar-refractivity contribution in [2.45, 2.75) is 37.5 Å². The topological polar surface area (TPSA) is 88.6 Å². The average Bonchev–Trinajstić information content (AvgIpc) is 3.53. The summed E-state index contributed by atoms with van der Waals surface area (Å²) in [4.78, 5) is 26.1. The Hall–Kier alpha value is -1.90. The van der Waals surface area contributed by atoms with Crippen molar-refractivity contribution in [1.82, 2.24) is 4.57 Å². The van der Waals surface area contributed by atoms with Crippen molar-refractivity contribution in [3.63, 3.8) is 0 Å². The third-order valence-electron chi connectivity index (χ3n) is 6.39. The van der Waals surface area contributed by atoms with Crippen LogP contribution in [0.5, 0.6) is 0 Å². The number of pyridine rings is 1. The zero-order chi connectivity index (χ0) is 20.0. The summed E-state index contributed by atoms with van der Waals surface area (Å²) < 4.78 is 30.2. The van der Waals surface area contributed by atoms with Crippen LogP contribution >= 0.6 is 24.0 Å². The van der Waals surface area contributed by atoms with E-state index >= 15 is 4.39 Å². The molecule has 5 rings (SSSR count). The van der Waals surface area contributed by atoms with Gasteiger partial charge in [0, 0.05) is 37.2 Å². The van der Waals surface area contributed by atoms with Gasteiger partial charge >= 0.3 is 5.97 Å². The van der Waals surface area contributed by atoms with Gasteiger partial charge in [-0.2, -0.15) is 0 Å². The number of anilines is 1. The molecule has 2 aliphatic carbocycles. The van der Waals surface area contributed by atoms with Crippen LogP contribution in [0, 0.1) is 11.2 Å². The first kappa shape index (κ1) is 20.4. The number of rotatable bonds is 3.